The van der Waals surface area contributed by atoms with Gasteiger partial charge in [-0.25, -0.2) is 4.98 Å². The first-order chi connectivity index (χ1) is 13.3. The van der Waals surface area contributed by atoms with Crippen LogP contribution in [0.2, 0.25) is 0 Å². The standard InChI is InChI=1S/C17H20N8OS/c1-2-3-13-16(27-22-19-13)17(26)24-10-8-23(9-11-24)14-4-5-15(21-20-14)25-7-6-18-12-25/h4-7,12H,2-3,8-11H2,1H3. The van der Waals surface area contributed by atoms with E-state index in [4.69, 9.17) is 0 Å². The number of rotatable bonds is 5. The molecule has 9 nitrogen and oxygen atoms in total. The molecule has 0 bridgehead atoms. The Bertz CT molecular complexity index is 884. The largest absolute Gasteiger partial charge is 0.352 e. The van der Waals surface area contributed by atoms with Crippen molar-refractivity contribution in [3.63, 3.8) is 0 Å². The fraction of sp³-hybridized carbons (Fsp3) is 0.412. The SMILES string of the molecule is CCCc1nnsc1C(=O)N1CCN(c2ccc(-n3ccnc3)nn2)CC1. The average Bonchev–Trinajstić information content (AvgIpc) is 3.40. The van der Waals surface area contributed by atoms with Crippen LogP contribution in [0, 0.1) is 0 Å². The van der Waals surface area contributed by atoms with Crippen LogP contribution < -0.4 is 4.90 Å². The molecule has 1 amide bonds. The molecule has 4 rings (SSSR count). The second kappa shape index (κ2) is 7.78. The zero-order chi connectivity index (χ0) is 18.6. The molecule has 1 saturated heterocycles. The molecule has 0 aliphatic carbocycles. The third kappa shape index (κ3) is 3.65. The minimum Gasteiger partial charge on any atom is -0.352 e. The van der Waals surface area contributed by atoms with Gasteiger partial charge >= 0.3 is 0 Å². The molecule has 0 radical (unpaired) electrons. The number of amides is 1. The van der Waals surface area contributed by atoms with E-state index in [0.717, 1.165) is 43.3 Å². The van der Waals surface area contributed by atoms with E-state index in [1.807, 2.05) is 27.8 Å². The molecule has 0 N–H and O–H groups in total. The highest BCUT2D eigenvalue weighted by atomic mass is 32.1. The molecule has 0 aromatic carbocycles. The van der Waals surface area contributed by atoms with Crippen molar-refractivity contribution in [1.29, 1.82) is 0 Å². The topological polar surface area (TPSA) is 92.9 Å². The van der Waals surface area contributed by atoms with E-state index in [1.165, 1.54) is 11.5 Å². The van der Waals surface area contributed by atoms with Crippen LogP contribution in [0.3, 0.4) is 0 Å². The van der Waals surface area contributed by atoms with E-state index in [9.17, 15) is 4.79 Å². The summed E-state index contributed by atoms with van der Waals surface area (Å²) < 4.78 is 5.77. The van der Waals surface area contributed by atoms with Gasteiger partial charge in [-0.05, 0) is 30.1 Å². The Morgan fingerprint density at radius 1 is 1.11 bits per heavy atom. The summed E-state index contributed by atoms with van der Waals surface area (Å²) >= 11 is 1.19. The van der Waals surface area contributed by atoms with Crippen molar-refractivity contribution in [3.8, 4) is 5.82 Å². The lowest BCUT2D eigenvalue weighted by atomic mass is 10.2. The van der Waals surface area contributed by atoms with E-state index in [0.29, 0.717) is 18.0 Å². The zero-order valence-corrected chi connectivity index (χ0v) is 15.8. The van der Waals surface area contributed by atoms with Crippen LogP contribution in [-0.2, 0) is 6.42 Å². The van der Waals surface area contributed by atoms with Crippen molar-refractivity contribution in [2.75, 3.05) is 31.1 Å². The molecule has 3 aromatic heterocycles. The van der Waals surface area contributed by atoms with Gasteiger partial charge < -0.3 is 9.80 Å². The maximum Gasteiger partial charge on any atom is 0.267 e. The molecule has 140 valence electrons. The Morgan fingerprint density at radius 3 is 2.56 bits per heavy atom. The second-order valence-corrected chi connectivity index (χ2v) is 7.05. The predicted molar refractivity (Wildman–Crippen MR) is 101 cm³/mol. The average molecular weight is 384 g/mol. The van der Waals surface area contributed by atoms with E-state index in [1.54, 1.807) is 12.5 Å². The Morgan fingerprint density at radius 2 is 1.89 bits per heavy atom. The van der Waals surface area contributed by atoms with E-state index < -0.39 is 0 Å². The summed E-state index contributed by atoms with van der Waals surface area (Å²) in [6, 6.07) is 3.87. The van der Waals surface area contributed by atoms with Gasteiger partial charge in [0.15, 0.2) is 11.6 Å². The van der Waals surface area contributed by atoms with Gasteiger partial charge in [-0.3, -0.25) is 9.36 Å². The van der Waals surface area contributed by atoms with Crippen LogP contribution in [0.4, 0.5) is 5.82 Å². The molecule has 4 heterocycles. The van der Waals surface area contributed by atoms with Crippen molar-refractivity contribution >= 4 is 23.3 Å². The lowest BCUT2D eigenvalue weighted by molar-refractivity contribution is 0.0750. The van der Waals surface area contributed by atoms with Crippen molar-refractivity contribution in [2.24, 2.45) is 0 Å². The molecule has 10 heteroatoms. The van der Waals surface area contributed by atoms with Crippen LogP contribution >= 0.6 is 11.5 Å². The summed E-state index contributed by atoms with van der Waals surface area (Å²) in [5.41, 5.74) is 0.816. The van der Waals surface area contributed by atoms with Gasteiger partial charge in [-0.15, -0.1) is 15.3 Å². The summed E-state index contributed by atoms with van der Waals surface area (Å²) in [5.74, 6) is 1.58. The summed E-state index contributed by atoms with van der Waals surface area (Å²) in [6.45, 7) is 4.81. The van der Waals surface area contributed by atoms with Crippen LogP contribution in [0.1, 0.15) is 28.7 Å². The van der Waals surface area contributed by atoms with Gasteiger partial charge in [0.2, 0.25) is 0 Å². The molecule has 0 saturated carbocycles. The molecule has 0 atom stereocenters. The van der Waals surface area contributed by atoms with Gasteiger partial charge in [0, 0.05) is 38.6 Å². The number of hydrogen-bond acceptors (Lipinski definition) is 8. The van der Waals surface area contributed by atoms with Gasteiger partial charge in [0.05, 0.1) is 5.69 Å². The molecule has 1 aliphatic heterocycles. The highest BCUT2D eigenvalue weighted by Gasteiger charge is 2.26. The zero-order valence-electron chi connectivity index (χ0n) is 15.0. The normalized spacial score (nSPS) is 14.6. The highest BCUT2D eigenvalue weighted by Crippen LogP contribution is 2.19. The monoisotopic (exact) mass is 384 g/mol. The summed E-state index contributed by atoms with van der Waals surface area (Å²) in [7, 11) is 0. The fourth-order valence-corrected chi connectivity index (χ4v) is 3.75. The molecule has 0 spiro atoms. The number of hydrogen-bond donors (Lipinski definition) is 0. The summed E-state index contributed by atoms with van der Waals surface area (Å²) in [4.78, 5) is 21.5. The van der Waals surface area contributed by atoms with Crippen molar-refractivity contribution in [2.45, 2.75) is 19.8 Å². The number of carbonyl (C=O) groups is 1. The molecular formula is C17H20N8OS. The van der Waals surface area contributed by atoms with E-state index in [2.05, 4.69) is 36.6 Å². The number of carbonyl (C=O) groups excluding carboxylic acids is 1. The quantitative estimate of drug-likeness (QED) is 0.657. The third-order valence-corrected chi connectivity index (χ3v) is 5.29. The maximum absolute atomic E-state index is 12.8. The lowest BCUT2D eigenvalue weighted by Crippen LogP contribution is -2.49. The summed E-state index contributed by atoms with van der Waals surface area (Å²) in [5, 5.41) is 12.7. The molecular weight excluding hydrogens is 364 g/mol. The molecule has 0 unspecified atom stereocenters. The van der Waals surface area contributed by atoms with Crippen LogP contribution in [-0.4, -0.2) is 66.3 Å². The smallest absolute Gasteiger partial charge is 0.267 e. The Kier molecular flexibility index (Phi) is 5.05. The first-order valence-corrected chi connectivity index (χ1v) is 9.71. The number of piperazine rings is 1. The Labute approximate surface area is 160 Å². The highest BCUT2D eigenvalue weighted by molar-refractivity contribution is 7.08. The molecule has 3 aromatic rings. The van der Waals surface area contributed by atoms with Gasteiger partial charge in [0.1, 0.15) is 11.2 Å². The Balaban J connectivity index is 1.38. The van der Waals surface area contributed by atoms with Crippen LogP contribution in [0.25, 0.3) is 5.82 Å². The second-order valence-electron chi connectivity index (χ2n) is 6.30. The number of anilines is 1. The van der Waals surface area contributed by atoms with E-state index >= 15 is 0 Å². The van der Waals surface area contributed by atoms with Crippen molar-refractivity contribution < 1.29 is 4.79 Å². The molecule has 27 heavy (non-hydrogen) atoms. The molecule has 1 aliphatic rings. The molecule has 1 fully saturated rings. The fourth-order valence-electron chi connectivity index (χ4n) is 3.07. The van der Waals surface area contributed by atoms with Crippen LogP contribution in [0.5, 0.6) is 0 Å². The van der Waals surface area contributed by atoms with E-state index in [-0.39, 0.29) is 5.91 Å². The predicted octanol–water partition coefficient (Wildman–Crippen LogP) is 1.43. The third-order valence-electron chi connectivity index (χ3n) is 4.53. The number of imidazole rings is 1. The number of aromatic nitrogens is 6. The van der Waals surface area contributed by atoms with Gasteiger partial charge in [0.25, 0.3) is 5.91 Å². The Hall–Kier alpha value is -2.88. The first kappa shape index (κ1) is 17.5. The number of nitrogens with zero attached hydrogens (tertiary/aromatic N) is 8. The van der Waals surface area contributed by atoms with Crippen molar-refractivity contribution in [1.82, 2.24) is 34.2 Å². The van der Waals surface area contributed by atoms with Gasteiger partial charge in [-0.2, -0.15) is 0 Å². The number of aryl methyl sites for hydroxylation is 1. The first-order valence-electron chi connectivity index (χ1n) is 8.93. The van der Waals surface area contributed by atoms with Gasteiger partial charge in [-0.1, -0.05) is 17.8 Å². The lowest BCUT2D eigenvalue weighted by Gasteiger charge is -2.35. The maximum atomic E-state index is 12.8. The minimum atomic E-state index is 0.0367. The van der Waals surface area contributed by atoms with Crippen LogP contribution in [0.15, 0.2) is 30.9 Å². The minimum absolute atomic E-state index is 0.0367. The summed E-state index contributed by atoms with van der Waals surface area (Å²) in [6.07, 6.45) is 6.96. The van der Waals surface area contributed by atoms with Crippen molar-refractivity contribution in [3.05, 3.63) is 41.4 Å².